The zero-order chi connectivity index (χ0) is 11.7. The summed E-state index contributed by atoms with van der Waals surface area (Å²) >= 11 is 0. The molecule has 0 aromatic carbocycles. The molecule has 0 bridgehead atoms. The molecule has 1 unspecified atom stereocenters. The van der Waals surface area contributed by atoms with Crippen LogP contribution in [0.25, 0.3) is 0 Å². The van der Waals surface area contributed by atoms with Crippen LogP contribution in [-0.4, -0.2) is 11.1 Å². The summed E-state index contributed by atoms with van der Waals surface area (Å²) in [5, 5.41) is 17.3. The van der Waals surface area contributed by atoms with Gasteiger partial charge in [0, 0.05) is 11.6 Å². The van der Waals surface area contributed by atoms with E-state index in [1.165, 1.54) is 0 Å². The number of unbranched alkanes of at least 4 members (excludes halogenated alkanes) is 1. The van der Waals surface area contributed by atoms with Crippen LogP contribution in [0.5, 0.6) is 0 Å². The predicted molar refractivity (Wildman–Crippen MR) is 59.3 cm³/mol. The Labute approximate surface area is 91.4 Å². The van der Waals surface area contributed by atoms with Crippen LogP contribution in [0.3, 0.4) is 0 Å². The van der Waals surface area contributed by atoms with E-state index in [1.54, 1.807) is 6.07 Å². The first-order valence-corrected chi connectivity index (χ1v) is 5.47. The number of allylic oxidation sites excluding steroid dienone is 1. The van der Waals surface area contributed by atoms with Crippen molar-refractivity contribution in [2.75, 3.05) is 0 Å². The Hall–Kier alpha value is -1.30. The van der Waals surface area contributed by atoms with Gasteiger partial charge in [0.15, 0.2) is 0 Å². The minimum absolute atomic E-state index is 0.237. The highest BCUT2D eigenvalue weighted by atomic mass is 16.4. The molecule has 1 atom stereocenters. The van der Waals surface area contributed by atoms with Gasteiger partial charge in [0.05, 0.1) is 6.07 Å². The molecule has 0 spiro atoms. The van der Waals surface area contributed by atoms with Crippen LogP contribution in [-0.2, 0) is 4.79 Å². The third-order valence-corrected chi connectivity index (χ3v) is 2.57. The molecule has 3 heteroatoms. The fourth-order valence-electron chi connectivity index (χ4n) is 1.54. The van der Waals surface area contributed by atoms with E-state index in [4.69, 9.17) is 10.4 Å². The van der Waals surface area contributed by atoms with Gasteiger partial charge in [0.2, 0.25) is 0 Å². The van der Waals surface area contributed by atoms with Crippen LogP contribution < -0.4 is 0 Å². The van der Waals surface area contributed by atoms with Gasteiger partial charge in [0.1, 0.15) is 0 Å². The Balaban J connectivity index is 4.31. The second-order valence-electron chi connectivity index (χ2n) is 3.72. The quantitative estimate of drug-likeness (QED) is 0.517. The molecule has 3 nitrogen and oxygen atoms in total. The molecule has 0 fully saturated rings. The topological polar surface area (TPSA) is 61.1 Å². The Morgan fingerprint density at radius 2 is 2.20 bits per heavy atom. The summed E-state index contributed by atoms with van der Waals surface area (Å²) in [4.78, 5) is 10.8. The van der Waals surface area contributed by atoms with Crippen LogP contribution in [0.15, 0.2) is 11.6 Å². The summed E-state index contributed by atoms with van der Waals surface area (Å²) in [6, 6.07) is 1.79. The van der Waals surface area contributed by atoms with Gasteiger partial charge in [-0.2, -0.15) is 5.26 Å². The zero-order valence-corrected chi connectivity index (χ0v) is 9.49. The number of nitriles is 1. The largest absolute Gasteiger partial charge is 0.478 e. The number of carboxylic acids is 1. The molecule has 0 radical (unpaired) electrons. The van der Waals surface area contributed by atoms with Crippen molar-refractivity contribution < 1.29 is 9.90 Å². The fourth-order valence-corrected chi connectivity index (χ4v) is 1.54. The van der Waals surface area contributed by atoms with Gasteiger partial charge in [-0.05, 0) is 12.3 Å². The number of nitrogens with zero attached hydrogens (tertiary/aromatic N) is 1. The molecule has 0 rings (SSSR count). The standard InChI is InChI=1S/C12H19NO2/c1-3-5-6-10(4-2)9-11(7-8-13)12(14)15/h7,10H,3-6,9H2,1-2H3,(H,14,15). The lowest BCUT2D eigenvalue weighted by atomic mass is 9.92. The molecule has 0 amide bonds. The second-order valence-corrected chi connectivity index (χ2v) is 3.72. The Morgan fingerprint density at radius 3 is 2.60 bits per heavy atom. The van der Waals surface area contributed by atoms with Crippen LogP contribution in [0.1, 0.15) is 46.0 Å². The van der Waals surface area contributed by atoms with E-state index in [-0.39, 0.29) is 5.57 Å². The van der Waals surface area contributed by atoms with Crippen molar-refractivity contribution in [3.63, 3.8) is 0 Å². The molecule has 15 heavy (non-hydrogen) atoms. The highest BCUT2D eigenvalue weighted by molar-refractivity contribution is 5.87. The molecule has 84 valence electrons. The lowest BCUT2D eigenvalue weighted by Gasteiger charge is -2.13. The van der Waals surface area contributed by atoms with Gasteiger partial charge in [0.25, 0.3) is 0 Å². The van der Waals surface area contributed by atoms with E-state index in [0.29, 0.717) is 12.3 Å². The first-order chi connectivity index (χ1) is 7.15. The Bertz CT molecular complexity index is 263. The maximum atomic E-state index is 10.8. The van der Waals surface area contributed by atoms with Gasteiger partial charge in [-0.25, -0.2) is 4.79 Å². The molecular formula is C12H19NO2. The van der Waals surface area contributed by atoms with Crippen LogP contribution in [0.2, 0.25) is 0 Å². The minimum atomic E-state index is -0.966. The predicted octanol–water partition coefficient (Wildman–Crippen LogP) is 3.13. The molecule has 0 aromatic rings. The summed E-state index contributed by atoms with van der Waals surface area (Å²) < 4.78 is 0. The lowest BCUT2D eigenvalue weighted by Crippen LogP contribution is -2.07. The van der Waals surface area contributed by atoms with Gasteiger partial charge in [-0.3, -0.25) is 0 Å². The van der Waals surface area contributed by atoms with Gasteiger partial charge < -0.3 is 5.11 Å². The van der Waals surface area contributed by atoms with Crippen LogP contribution in [0.4, 0.5) is 0 Å². The number of hydrogen-bond donors (Lipinski definition) is 1. The van der Waals surface area contributed by atoms with Crippen molar-refractivity contribution in [2.24, 2.45) is 5.92 Å². The Morgan fingerprint density at radius 1 is 1.53 bits per heavy atom. The second kappa shape index (κ2) is 8.05. The monoisotopic (exact) mass is 209 g/mol. The van der Waals surface area contributed by atoms with Crippen molar-refractivity contribution in [2.45, 2.75) is 46.0 Å². The average molecular weight is 209 g/mol. The highest BCUT2D eigenvalue weighted by Crippen LogP contribution is 2.21. The van der Waals surface area contributed by atoms with Gasteiger partial charge in [-0.1, -0.05) is 39.5 Å². The molecule has 0 aliphatic rings. The van der Waals surface area contributed by atoms with Crippen molar-refractivity contribution in [1.29, 1.82) is 5.26 Å². The first kappa shape index (κ1) is 13.7. The molecule has 0 aromatic heterocycles. The third kappa shape index (κ3) is 5.90. The molecular weight excluding hydrogens is 190 g/mol. The molecule has 0 aliphatic heterocycles. The lowest BCUT2D eigenvalue weighted by molar-refractivity contribution is -0.132. The minimum Gasteiger partial charge on any atom is -0.478 e. The SMILES string of the molecule is CCCCC(CC)CC(=CC#N)C(=O)O. The number of rotatable bonds is 7. The van der Waals surface area contributed by atoms with E-state index in [0.717, 1.165) is 31.8 Å². The van der Waals surface area contributed by atoms with Gasteiger partial charge >= 0.3 is 5.97 Å². The van der Waals surface area contributed by atoms with E-state index in [2.05, 4.69) is 13.8 Å². The number of carbonyl (C=O) groups is 1. The Kier molecular flexibility index (Phi) is 7.35. The maximum Gasteiger partial charge on any atom is 0.332 e. The molecule has 0 saturated carbocycles. The highest BCUT2D eigenvalue weighted by Gasteiger charge is 2.13. The number of hydrogen-bond acceptors (Lipinski definition) is 2. The summed E-state index contributed by atoms with van der Waals surface area (Å²) in [6.45, 7) is 4.18. The van der Waals surface area contributed by atoms with E-state index in [1.807, 2.05) is 0 Å². The van der Waals surface area contributed by atoms with Crippen molar-refractivity contribution in [3.8, 4) is 6.07 Å². The summed E-state index contributed by atoms with van der Waals surface area (Å²) in [5.74, 6) is -0.577. The van der Waals surface area contributed by atoms with Crippen LogP contribution >= 0.6 is 0 Å². The molecule has 0 saturated heterocycles. The van der Waals surface area contributed by atoms with Gasteiger partial charge in [-0.15, -0.1) is 0 Å². The smallest absolute Gasteiger partial charge is 0.332 e. The fraction of sp³-hybridized carbons (Fsp3) is 0.667. The maximum absolute atomic E-state index is 10.8. The molecule has 0 aliphatic carbocycles. The van der Waals surface area contributed by atoms with Crippen molar-refractivity contribution in [1.82, 2.24) is 0 Å². The third-order valence-electron chi connectivity index (χ3n) is 2.57. The first-order valence-electron chi connectivity index (χ1n) is 5.47. The summed E-state index contributed by atoms with van der Waals surface area (Å²) in [7, 11) is 0. The zero-order valence-electron chi connectivity index (χ0n) is 9.49. The van der Waals surface area contributed by atoms with Crippen molar-refractivity contribution in [3.05, 3.63) is 11.6 Å². The van der Waals surface area contributed by atoms with Crippen LogP contribution in [0, 0.1) is 17.2 Å². The summed E-state index contributed by atoms with van der Waals surface area (Å²) in [6.07, 6.45) is 5.92. The van der Waals surface area contributed by atoms with Crippen molar-refractivity contribution >= 4 is 5.97 Å². The normalized spacial score (nSPS) is 13.3. The summed E-state index contributed by atoms with van der Waals surface area (Å²) in [5.41, 5.74) is 0.237. The number of carboxylic acid groups (broad SMARTS) is 1. The average Bonchev–Trinajstić information content (AvgIpc) is 2.22. The molecule has 1 N–H and O–H groups in total. The van der Waals surface area contributed by atoms with E-state index < -0.39 is 5.97 Å². The van der Waals surface area contributed by atoms with E-state index >= 15 is 0 Å². The van der Waals surface area contributed by atoms with E-state index in [9.17, 15) is 4.79 Å². The molecule has 0 heterocycles. The number of aliphatic carboxylic acids is 1.